The Bertz CT molecular complexity index is 1020. The van der Waals surface area contributed by atoms with Crippen molar-refractivity contribution in [1.82, 2.24) is 0 Å². The van der Waals surface area contributed by atoms with Crippen LogP contribution >= 0.6 is 0 Å². The monoisotopic (exact) mass is 596 g/mol. The molecule has 0 aliphatic heterocycles. The van der Waals surface area contributed by atoms with E-state index in [4.69, 9.17) is 18.9 Å². The Kier molecular flexibility index (Phi) is 15.8. The number of rotatable bonds is 12. The van der Waals surface area contributed by atoms with Crippen molar-refractivity contribution in [2.24, 2.45) is 0 Å². The van der Waals surface area contributed by atoms with Crippen LogP contribution in [0.3, 0.4) is 0 Å². The molecule has 0 atom stereocenters. The molecule has 1 aliphatic carbocycles. The fourth-order valence-corrected chi connectivity index (χ4v) is 3.84. The Morgan fingerprint density at radius 2 is 0.952 bits per heavy atom. The molecule has 0 spiro atoms. The zero-order chi connectivity index (χ0) is 31.8. The summed E-state index contributed by atoms with van der Waals surface area (Å²) in [5, 5.41) is 0. The molecule has 42 heavy (non-hydrogen) atoms. The highest BCUT2D eigenvalue weighted by molar-refractivity contribution is 5.81. The number of ether oxygens (including phenoxy) is 4. The molecule has 6 nitrogen and oxygen atoms in total. The highest BCUT2D eigenvalue weighted by Gasteiger charge is 2.40. The molecule has 3 rings (SSSR count). The van der Waals surface area contributed by atoms with Crippen LogP contribution in [0.1, 0.15) is 75.6 Å². The molecule has 1 aliphatic rings. The van der Waals surface area contributed by atoms with Gasteiger partial charge < -0.3 is 18.9 Å². The zero-order valence-electron chi connectivity index (χ0n) is 24.5. The first kappa shape index (κ1) is 36.5. The fourth-order valence-electron chi connectivity index (χ4n) is 3.84. The van der Waals surface area contributed by atoms with Crippen LogP contribution in [0.25, 0.3) is 0 Å². The first-order valence-corrected chi connectivity index (χ1v) is 13.9. The van der Waals surface area contributed by atoms with Gasteiger partial charge in [0.25, 0.3) is 0 Å². The minimum atomic E-state index is -3.58. The first-order valence-electron chi connectivity index (χ1n) is 13.9. The lowest BCUT2D eigenvalue weighted by Gasteiger charge is -2.33. The average Bonchev–Trinajstić information content (AvgIpc) is 3.01. The summed E-state index contributed by atoms with van der Waals surface area (Å²) in [7, 11) is 0. The number of carbonyl (C=O) groups is 2. The molecule has 0 N–H and O–H groups in total. The molecule has 2 aromatic carbocycles. The largest absolute Gasteiger partial charge is 0.458 e. The van der Waals surface area contributed by atoms with Crippen LogP contribution in [0, 0.1) is 0 Å². The highest BCUT2D eigenvalue weighted by Crippen LogP contribution is 2.38. The molecule has 10 heteroatoms. The summed E-state index contributed by atoms with van der Waals surface area (Å²) >= 11 is 0. The average molecular weight is 597 g/mol. The first-order chi connectivity index (χ1) is 20.0. The van der Waals surface area contributed by atoms with E-state index in [1.165, 1.54) is 48.5 Å². The van der Waals surface area contributed by atoms with E-state index in [-0.39, 0.29) is 50.0 Å². The van der Waals surface area contributed by atoms with Gasteiger partial charge in [0.05, 0.1) is 23.3 Å². The third-order valence-corrected chi connectivity index (χ3v) is 5.93. The van der Waals surface area contributed by atoms with Crippen molar-refractivity contribution in [3.63, 3.8) is 0 Å². The van der Waals surface area contributed by atoms with Crippen LogP contribution in [0.4, 0.5) is 17.6 Å². The van der Waals surface area contributed by atoms with E-state index < -0.39 is 36.4 Å². The van der Waals surface area contributed by atoms with Crippen LogP contribution in [0.5, 0.6) is 0 Å². The van der Waals surface area contributed by atoms with Gasteiger partial charge in [0.1, 0.15) is 13.2 Å². The lowest BCUT2D eigenvalue weighted by Crippen LogP contribution is -2.34. The molecule has 0 saturated heterocycles. The Hall–Kier alpha value is -3.50. The summed E-state index contributed by atoms with van der Waals surface area (Å²) in [5.74, 6) is -1.25. The molecule has 0 amide bonds. The van der Waals surface area contributed by atoms with Gasteiger partial charge in [0.2, 0.25) is 0 Å². The second-order valence-corrected chi connectivity index (χ2v) is 8.69. The molecule has 0 unspecified atom stereocenters. The molecule has 0 radical (unpaired) electrons. The minimum Gasteiger partial charge on any atom is -0.458 e. The van der Waals surface area contributed by atoms with E-state index in [9.17, 15) is 27.2 Å². The van der Waals surface area contributed by atoms with Crippen LogP contribution in [-0.2, 0) is 54.0 Å². The van der Waals surface area contributed by atoms with Crippen LogP contribution < -0.4 is 0 Å². The van der Waals surface area contributed by atoms with Gasteiger partial charge in [0, 0.05) is 12.2 Å². The summed E-state index contributed by atoms with van der Waals surface area (Å²) < 4.78 is 78.5. The predicted octanol–water partition coefficient (Wildman–Crippen LogP) is 8.34. The lowest BCUT2D eigenvalue weighted by atomic mass is 9.94. The summed E-state index contributed by atoms with van der Waals surface area (Å²) in [4.78, 5) is 22.2. The van der Waals surface area contributed by atoms with Gasteiger partial charge in [-0.2, -0.15) is 17.6 Å². The van der Waals surface area contributed by atoms with E-state index >= 15 is 0 Å². The normalized spacial score (nSPS) is 16.5. The number of hydrogen-bond acceptors (Lipinski definition) is 6. The van der Waals surface area contributed by atoms with Gasteiger partial charge in [-0.25, -0.2) is 9.59 Å². The number of alkyl halides is 4. The summed E-state index contributed by atoms with van der Waals surface area (Å²) in [6.45, 7) is 14.4. The van der Waals surface area contributed by atoms with Crippen LogP contribution in [0.2, 0.25) is 0 Å². The van der Waals surface area contributed by atoms with Crippen molar-refractivity contribution in [3.8, 4) is 0 Å². The van der Waals surface area contributed by atoms with E-state index in [0.717, 1.165) is 12.2 Å². The second-order valence-electron chi connectivity index (χ2n) is 8.69. The predicted molar refractivity (Wildman–Crippen MR) is 152 cm³/mol. The topological polar surface area (TPSA) is 71.1 Å². The Morgan fingerprint density at radius 3 is 1.21 bits per heavy atom. The van der Waals surface area contributed by atoms with E-state index in [2.05, 4.69) is 13.2 Å². The third-order valence-electron chi connectivity index (χ3n) is 5.93. The van der Waals surface area contributed by atoms with Gasteiger partial charge in [-0.1, -0.05) is 65.1 Å². The van der Waals surface area contributed by atoms with E-state index in [1.807, 2.05) is 27.7 Å². The number of esters is 2. The summed E-state index contributed by atoms with van der Waals surface area (Å²) in [5.41, 5.74) is 0.293. The third kappa shape index (κ3) is 11.8. The van der Waals surface area contributed by atoms with Crippen molar-refractivity contribution in [2.75, 3.05) is 0 Å². The van der Waals surface area contributed by atoms with Crippen molar-refractivity contribution >= 4 is 11.9 Å². The van der Waals surface area contributed by atoms with Gasteiger partial charge >= 0.3 is 24.2 Å². The number of hydrogen-bond donors (Lipinski definition) is 0. The number of halogens is 4. The van der Waals surface area contributed by atoms with E-state index in [1.54, 1.807) is 0 Å². The standard InChI is InChI=1S/C28H28F4O6.2C2H6/c1-3-25(33)35-17-19-5-9-21(10-6-19)27(29,30)37-23-13-15-24(16-14-23)38-28(31,32)22-11-7-20(8-12-22)18-36-26(34)4-2;2*1-2/h3-12,23-24H,1-2,13-18H2;2*1-2H3. The van der Waals surface area contributed by atoms with Gasteiger partial charge in [0.15, 0.2) is 0 Å². The van der Waals surface area contributed by atoms with Gasteiger partial charge in [-0.05, 0) is 61.1 Å². The molecule has 1 fully saturated rings. The Morgan fingerprint density at radius 1 is 0.667 bits per heavy atom. The molecular weight excluding hydrogens is 556 g/mol. The summed E-state index contributed by atoms with van der Waals surface area (Å²) in [6, 6.07) is 10.3. The van der Waals surface area contributed by atoms with Crippen LogP contribution in [-0.4, -0.2) is 24.1 Å². The number of benzene rings is 2. The number of carbonyl (C=O) groups excluding carboxylic acids is 2. The highest BCUT2D eigenvalue weighted by atomic mass is 19.3. The van der Waals surface area contributed by atoms with Gasteiger partial charge in [-0.15, -0.1) is 0 Å². The molecule has 232 valence electrons. The van der Waals surface area contributed by atoms with Crippen LogP contribution in [0.15, 0.2) is 73.8 Å². The van der Waals surface area contributed by atoms with Crippen molar-refractivity contribution in [3.05, 3.63) is 96.1 Å². The van der Waals surface area contributed by atoms with Crippen molar-refractivity contribution < 1.29 is 46.1 Å². The van der Waals surface area contributed by atoms with Gasteiger partial charge in [-0.3, -0.25) is 0 Å². The molecular formula is C32H40F4O6. The molecule has 1 saturated carbocycles. The smallest absolute Gasteiger partial charge is 0.383 e. The molecule has 0 heterocycles. The Balaban J connectivity index is 0.00000211. The molecule has 0 bridgehead atoms. The Labute approximate surface area is 245 Å². The maximum atomic E-state index is 14.7. The quantitative estimate of drug-likeness (QED) is 0.139. The zero-order valence-corrected chi connectivity index (χ0v) is 24.5. The minimum absolute atomic E-state index is 0.0818. The molecule has 0 aromatic heterocycles. The fraction of sp³-hybridized carbons (Fsp3) is 0.438. The maximum absolute atomic E-state index is 14.7. The van der Waals surface area contributed by atoms with E-state index in [0.29, 0.717) is 11.1 Å². The second kappa shape index (κ2) is 18.1. The molecule has 2 aromatic rings. The maximum Gasteiger partial charge on any atom is 0.383 e. The van der Waals surface area contributed by atoms with Crippen molar-refractivity contribution in [1.29, 1.82) is 0 Å². The SMILES string of the molecule is C=CC(=O)OCc1ccc(C(F)(F)OC2CCC(OC(F)(F)c3ccc(COC(=O)C=C)cc3)CC2)cc1.CC.CC. The lowest BCUT2D eigenvalue weighted by molar-refractivity contribution is -0.297. The van der Waals surface area contributed by atoms with Crippen molar-refractivity contribution in [2.45, 2.75) is 91.0 Å². The summed E-state index contributed by atoms with van der Waals surface area (Å²) in [6.07, 6.45) is -6.32.